The van der Waals surface area contributed by atoms with E-state index in [1.165, 1.54) is 0 Å². The number of thiol groups is 1. The summed E-state index contributed by atoms with van der Waals surface area (Å²) in [5.74, 6) is -0.0864. The van der Waals surface area contributed by atoms with E-state index in [1.807, 2.05) is 56.3 Å². The van der Waals surface area contributed by atoms with Gasteiger partial charge in [-0.15, -0.1) is 12.6 Å². The molecule has 0 radical (unpaired) electrons. The van der Waals surface area contributed by atoms with Crippen molar-refractivity contribution in [3.8, 4) is 0 Å². The summed E-state index contributed by atoms with van der Waals surface area (Å²) in [7, 11) is 0. The van der Waals surface area contributed by atoms with Crippen LogP contribution in [0.2, 0.25) is 0 Å². The quantitative estimate of drug-likeness (QED) is 0.454. The van der Waals surface area contributed by atoms with Gasteiger partial charge < -0.3 is 10.6 Å². The highest BCUT2D eigenvalue weighted by molar-refractivity contribution is 7.80. The number of benzene rings is 2. The zero-order valence-corrected chi connectivity index (χ0v) is 16.4. The third-order valence-corrected chi connectivity index (χ3v) is 3.96. The van der Waals surface area contributed by atoms with Gasteiger partial charge >= 0.3 is 0 Å². The standard InChI is InChI=1S/C19H22N2O2S.C2H6/c22-18(21-15-9-3-1-4-10-15)13-5-2-8-14-20-19(23)16-11-6-7-12-17(16)24;1-2/h1,3-4,6-7,9-12,24H,2,5,8,13-14H2,(H,20,23)(H,21,22);1-2H3. The fourth-order valence-electron chi connectivity index (χ4n) is 2.30. The Kier molecular flexibility index (Phi) is 10.9. The average molecular weight is 373 g/mol. The van der Waals surface area contributed by atoms with Gasteiger partial charge in [-0.25, -0.2) is 0 Å². The first-order valence-corrected chi connectivity index (χ1v) is 9.52. The molecule has 2 aromatic carbocycles. The Hall–Kier alpha value is -2.27. The molecule has 0 atom stereocenters. The van der Waals surface area contributed by atoms with Crippen molar-refractivity contribution in [2.24, 2.45) is 0 Å². The van der Waals surface area contributed by atoms with Gasteiger partial charge in [0.15, 0.2) is 0 Å². The van der Waals surface area contributed by atoms with Crippen LogP contribution >= 0.6 is 12.6 Å². The minimum Gasteiger partial charge on any atom is -0.352 e. The molecule has 0 saturated carbocycles. The van der Waals surface area contributed by atoms with Gasteiger partial charge in [0.1, 0.15) is 0 Å². The fourth-order valence-corrected chi connectivity index (χ4v) is 2.56. The van der Waals surface area contributed by atoms with Gasteiger partial charge in [0.25, 0.3) is 5.91 Å². The molecule has 2 amide bonds. The lowest BCUT2D eigenvalue weighted by Gasteiger charge is -2.07. The number of anilines is 1. The number of amides is 2. The summed E-state index contributed by atoms with van der Waals surface area (Å²) < 4.78 is 0. The van der Waals surface area contributed by atoms with E-state index in [2.05, 4.69) is 23.3 Å². The molecule has 0 unspecified atom stereocenters. The van der Waals surface area contributed by atoms with Gasteiger partial charge in [0.2, 0.25) is 5.91 Å². The number of nitrogens with one attached hydrogen (secondary N) is 2. The molecule has 26 heavy (non-hydrogen) atoms. The first-order chi connectivity index (χ1) is 12.7. The number of hydrogen-bond acceptors (Lipinski definition) is 3. The fraction of sp³-hybridized carbons (Fsp3) is 0.333. The molecule has 2 N–H and O–H groups in total. The van der Waals surface area contributed by atoms with E-state index >= 15 is 0 Å². The van der Waals surface area contributed by atoms with Crippen molar-refractivity contribution in [1.82, 2.24) is 5.32 Å². The molecule has 4 nitrogen and oxygen atoms in total. The van der Waals surface area contributed by atoms with Crippen LogP contribution in [-0.4, -0.2) is 18.4 Å². The molecule has 2 rings (SSSR count). The maximum Gasteiger partial charge on any atom is 0.252 e. The van der Waals surface area contributed by atoms with Crippen LogP contribution in [0, 0.1) is 0 Å². The van der Waals surface area contributed by atoms with Crippen LogP contribution in [-0.2, 0) is 4.79 Å². The van der Waals surface area contributed by atoms with E-state index in [1.54, 1.807) is 12.1 Å². The number of carbonyl (C=O) groups is 2. The summed E-state index contributed by atoms with van der Waals surface area (Å²) in [6, 6.07) is 16.6. The van der Waals surface area contributed by atoms with Gasteiger partial charge in [0, 0.05) is 23.5 Å². The van der Waals surface area contributed by atoms with E-state index in [0.717, 1.165) is 24.9 Å². The third-order valence-electron chi connectivity index (χ3n) is 3.57. The number of unbranched alkanes of at least 4 members (excludes halogenated alkanes) is 2. The van der Waals surface area contributed by atoms with Crippen LogP contribution in [0.4, 0.5) is 5.69 Å². The van der Waals surface area contributed by atoms with Crippen LogP contribution in [0.15, 0.2) is 59.5 Å². The van der Waals surface area contributed by atoms with Crippen molar-refractivity contribution in [3.05, 3.63) is 60.2 Å². The summed E-state index contributed by atoms with van der Waals surface area (Å²) in [6.07, 6.45) is 3.03. The van der Waals surface area contributed by atoms with Crippen molar-refractivity contribution < 1.29 is 9.59 Å². The predicted molar refractivity (Wildman–Crippen MR) is 111 cm³/mol. The van der Waals surface area contributed by atoms with Gasteiger partial charge in [-0.2, -0.15) is 0 Å². The number of para-hydroxylation sites is 1. The van der Waals surface area contributed by atoms with E-state index in [9.17, 15) is 9.59 Å². The zero-order valence-electron chi connectivity index (χ0n) is 15.5. The molecule has 0 aliphatic carbocycles. The number of rotatable bonds is 8. The van der Waals surface area contributed by atoms with Gasteiger partial charge in [-0.05, 0) is 37.1 Å². The van der Waals surface area contributed by atoms with Crippen LogP contribution in [0.25, 0.3) is 0 Å². The number of hydrogen-bond donors (Lipinski definition) is 3. The largest absolute Gasteiger partial charge is 0.352 e. The summed E-state index contributed by atoms with van der Waals surface area (Å²) in [5.41, 5.74) is 1.41. The van der Waals surface area contributed by atoms with Crippen molar-refractivity contribution in [3.63, 3.8) is 0 Å². The first-order valence-electron chi connectivity index (χ1n) is 9.08. The van der Waals surface area contributed by atoms with Crippen LogP contribution in [0.5, 0.6) is 0 Å². The predicted octanol–water partition coefficient (Wildman–Crippen LogP) is 4.93. The lowest BCUT2D eigenvalue weighted by Crippen LogP contribution is -2.24. The monoisotopic (exact) mass is 372 g/mol. The molecular formula is C21H28N2O2S. The second kappa shape index (κ2) is 13.0. The molecule has 5 heteroatoms. The Morgan fingerprint density at radius 1 is 0.885 bits per heavy atom. The Bertz CT molecular complexity index is 675. The minimum atomic E-state index is -0.109. The molecule has 0 aromatic heterocycles. The molecule has 0 heterocycles. The topological polar surface area (TPSA) is 58.2 Å². The average Bonchev–Trinajstić information content (AvgIpc) is 2.67. The van der Waals surface area contributed by atoms with Crippen molar-refractivity contribution in [2.45, 2.75) is 44.4 Å². The highest BCUT2D eigenvalue weighted by Gasteiger charge is 2.07. The SMILES string of the molecule is CC.O=C(CCCCCNC(=O)c1ccccc1S)Nc1ccccc1. The molecule has 0 bridgehead atoms. The Morgan fingerprint density at radius 3 is 2.23 bits per heavy atom. The normalized spacial score (nSPS) is 9.65. The maximum atomic E-state index is 12.0. The summed E-state index contributed by atoms with van der Waals surface area (Å²) in [4.78, 5) is 24.4. The zero-order chi connectivity index (χ0) is 19.2. The van der Waals surface area contributed by atoms with E-state index < -0.39 is 0 Å². The van der Waals surface area contributed by atoms with E-state index in [-0.39, 0.29) is 11.8 Å². The summed E-state index contributed by atoms with van der Waals surface area (Å²) in [5, 5.41) is 5.74. The van der Waals surface area contributed by atoms with Crippen molar-refractivity contribution in [1.29, 1.82) is 0 Å². The molecule has 0 spiro atoms. The minimum absolute atomic E-state index is 0.0224. The smallest absolute Gasteiger partial charge is 0.252 e. The first kappa shape index (κ1) is 21.8. The highest BCUT2D eigenvalue weighted by atomic mass is 32.1. The van der Waals surface area contributed by atoms with Gasteiger partial charge in [0.05, 0.1) is 5.56 Å². The van der Waals surface area contributed by atoms with Crippen LogP contribution < -0.4 is 10.6 Å². The van der Waals surface area contributed by atoms with E-state index in [0.29, 0.717) is 23.4 Å². The van der Waals surface area contributed by atoms with Crippen molar-refractivity contribution in [2.75, 3.05) is 11.9 Å². The second-order valence-electron chi connectivity index (χ2n) is 5.50. The third kappa shape index (κ3) is 8.21. The van der Waals surface area contributed by atoms with Gasteiger partial charge in [-0.1, -0.05) is 50.6 Å². The lowest BCUT2D eigenvalue weighted by atomic mass is 10.1. The molecule has 0 aliphatic rings. The molecular weight excluding hydrogens is 344 g/mol. The summed E-state index contributed by atoms with van der Waals surface area (Å²) in [6.45, 7) is 4.60. The molecule has 0 aliphatic heterocycles. The molecule has 0 fully saturated rings. The molecule has 140 valence electrons. The Morgan fingerprint density at radius 2 is 1.54 bits per heavy atom. The van der Waals surface area contributed by atoms with Crippen LogP contribution in [0.1, 0.15) is 49.9 Å². The molecule has 0 saturated heterocycles. The lowest BCUT2D eigenvalue weighted by molar-refractivity contribution is -0.116. The maximum absolute atomic E-state index is 12.0. The summed E-state index contributed by atoms with van der Waals surface area (Å²) >= 11 is 4.27. The van der Waals surface area contributed by atoms with Gasteiger partial charge in [-0.3, -0.25) is 9.59 Å². The van der Waals surface area contributed by atoms with Crippen molar-refractivity contribution >= 4 is 30.1 Å². The Balaban J connectivity index is 0.00000163. The van der Waals surface area contributed by atoms with E-state index in [4.69, 9.17) is 0 Å². The number of carbonyl (C=O) groups excluding carboxylic acids is 2. The molecule has 2 aromatic rings. The second-order valence-corrected chi connectivity index (χ2v) is 5.98. The highest BCUT2D eigenvalue weighted by Crippen LogP contribution is 2.12. The Labute approximate surface area is 161 Å². The van der Waals surface area contributed by atoms with Crippen LogP contribution in [0.3, 0.4) is 0 Å².